The summed E-state index contributed by atoms with van der Waals surface area (Å²) in [5, 5.41) is 6.60. The van der Waals surface area contributed by atoms with Crippen LogP contribution in [0.15, 0.2) is 29.4 Å². The molecular formula is C15H26N4O. The van der Waals surface area contributed by atoms with Crippen LogP contribution in [0.1, 0.15) is 25.0 Å². The van der Waals surface area contributed by atoms with Crippen LogP contribution in [0.5, 0.6) is 0 Å². The van der Waals surface area contributed by atoms with Gasteiger partial charge < -0.3 is 15.4 Å². The standard InChI is InChI=1S/C15H26N4O/c1-16-15(18-11-5-3-7-13-20-2)19-12-9-14-8-4-6-10-17-14/h4,6,8,10H,3,5,7,9,11-13H2,1-2H3,(H2,16,18,19). The van der Waals surface area contributed by atoms with Gasteiger partial charge in [0.05, 0.1) is 0 Å². The Kier molecular flexibility index (Phi) is 9.23. The van der Waals surface area contributed by atoms with Gasteiger partial charge in [0.15, 0.2) is 5.96 Å². The summed E-state index contributed by atoms with van der Waals surface area (Å²) >= 11 is 0. The number of methoxy groups -OCH3 is 1. The summed E-state index contributed by atoms with van der Waals surface area (Å²) < 4.78 is 5.02. The minimum absolute atomic E-state index is 0.834. The molecule has 1 aromatic heterocycles. The molecule has 0 aromatic carbocycles. The summed E-state index contributed by atoms with van der Waals surface area (Å²) in [6.07, 6.45) is 6.14. The SMILES string of the molecule is CN=C(NCCCCCOC)NCCc1ccccn1. The lowest BCUT2D eigenvalue weighted by atomic mass is 10.2. The van der Waals surface area contributed by atoms with Crippen molar-refractivity contribution in [3.63, 3.8) is 0 Å². The van der Waals surface area contributed by atoms with Gasteiger partial charge >= 0.3 is 0 Å². The molecule has 0 aliphatic rings. The van der Waals surface area contributed by atoms with Gasteiger partial charge in [-0.15, -0.1) is 0 Å². The lowest BCUT2D eigenvalue weighted by Crippen LogP contribution is -2.38. The molecule has 112 valence electrons. The van der Waals surface area contributed by atoms with Gasteiger partial charge in [0.2, 0.25) is 0 Å². The molecule has 0 aliphatic heterocycles. The minimum atomic E-state index is 0.834. The van der Waals surface area contributed by atoms with Crippen molar-refractivity contribution in [2.45, 2.75) is 25.7 Å². The molecule has 0 fully saturated rings. The van der Waals surface area contributed by atoms with Crippen LogP contribution in [0, 0.1) is 0 Å². The second-order valence-electron chi connectivity index (χ2n) is 4.55. The zero-order valence-corrected chi connectivity index (χ0v) is 12.6. The largest absolute Gasteiger partial charge is 0.385 e. The van der Waals surface area contributed by atoms with Crippen molar-refractivity contribution in [1.29, 1.82) is 0 Å². The van der Waals surface area contributed by atoms with Gasteiger partial charge in [0, 0.05) is 52.2 Å². The van der Waals surface area contributed by atoms with Gasteiger partial charge in [-0.05, 0) is 31.4 Å². The Hall–Kier alpha value is -1.62. The van der Waals surface area contributed by atoms with Crippen molar-refractivity contribution in [2.24, 2.45) is 4.99 Å². The summed E-state index contributed by atoms with van der Waals surface area (Å²) in [6, 6.07) is 5.98. The first-order valence-electron chi connectivity index (χ1n) is 7.20. The molecule has 20 heavy (non-hydrogen) atoms. The molecule has 0 saturated carbocycles. The molecule has 1 aromatic rings. The second kappa shape index (κ2) is 11.2. The molecule has 1 heterocycles. The molecule has 0 atom stereocenters. The van der Waals surface area contributed by atoms with E-state index in [1.807, 2.05) is 24.4 Å². The van der Waals surface area contributed by atoms with E-state index in [1.165, 1.54) is 6.42 Å². The van der Waals surface area contributed by atoms with Crippen molar-refractivity contribution in [3.05, 3.63) is 30.1 Å². The van der Waals surface area contributed by atoms with E-state index in [1.54, 1.807) is 14.2 Å². The first-order chi connectivity index (χ1) is 9.86. The number of rotatable bonds is 9. The maximum Gasteiger partial charge on any atom is 0.190 e. The predicted molar refractivity (Wildman–Crippen MR) is 83.0 cm³/mol. The molecule has 5 heteroatoms. The van der Waals surface area contributed by atoms with E-state index < -0.39 is 0 Å². The fourth-order valence-electron chi connectivity index (χ4n) is 1.83. The Morgan fingerprint density at radius 1 is 1.20 bits per heavy atom. The van der Waals surface area contributed by atoms with Crippen LogP contribution in [0.25, 0.3) is 0 Å². The van der Waals surface area contributed by atoms with E-state index in [4.69, 9.17) is 4.74 Å². The Morgan fingerprint density at radius 3 is 2.75 bits per heavy atom. The van der Waals surface area contributed by atoms with Crippen molar-refractivity contribution in [1.82, 2.24) is 15.6 Å². The molecule has 0 spiro atoms. The molecule has 0 bridgehead atoms. The first kappa shape index (κ1) is 16.4. The second-order valence-corrected chi connectivity index (χ2v) is 4.55. The smallest absolute Gasteiger partial charge is 0.190 e. The first-order valence-corrected chi connectivity index (χ1v) is 7.20. The zero-order valence-electron chi connectivity index (χ0n) is 12.6. The predicted octanol–water partition coefficient (Wildman–Crippen LogP) is 1.61. The molecule has 0 unspecified atom stereocenters. The molecule has 2 N–H and O–H groups in total. The highest BCUT2D eigenvalue weighted by atomic mass is 16.5. The van der Waals surface area contributed by atoms with Gasteiger partial charge in [0.1, 0.15) is 0 Å². The highest BCUT2D eigenvalue weighted by Gasteiger charge is 1.98. The number of nitrogens with one attached hydrogen (secondary N) is 2. The van der Waals surface area contributed by atoms with Crippen LogP contribution in [-0.4, -0.2) is 44.8 Å². The third-order valence-electron chi connectivity index (χ3n) is 2.94. The lowest BCUT2D eigenvalue weighted by Gasteiger charge is -2.11. The summed E-state index contributed by atoms with van der Waals surface area (Å²) in [7, 11) is 3.53. The highest BCUT2D eigenvalue weighted by Crippen LogP contribution is 1.94. The van der Waals surface area contributed by atoms with E-state index in [0.717, 1.165) is 50.6 Å². The molecule has 0 amide bonds. The van der Waals surface area contributed by atoms with Crippen LogP contribution in [0.4, 0.5) is 0 Å². The van der Waals surface area contributed by atoms with E-state index in [-0.39, 0.29) is 0 Å². The van der Waals surface area contributed by atoms with Gasteiger partial charge in [-0.25, -0.2) is 0 Å². The quantitative estimate of drug-likeness (QED) is 0.409. The average molecular weight is 278 g/mol. The number of ether oxygens (including phenoxy) is 1. The van der Waals surface area contributed by atoms with Gasteiger partial charge in [-0.3, -0.25) is 9.98 Å². The number of aromatic nitrogens is 1. The van der Waals surface area contributed by atoms with Crippen LogP contribution in [0.3, 0.4) is 0 Å². The average Bonchev–Trinajstić information content (AvgIpc) is 2.50. The minimum Gasteiger partial charge on any atom is -0.385 e. The van der Waals surface area contributed by atoms with E-state index in [9.17, 15) is 0 Å². The number of aliphatic imine (C=N–C) groups is 1. The van der Waals surface area contributed by atoms with Crippen molar-refractivity contribution in [3.8, 4) is 0 Å². The lowest BCUT2D eigenvalue weighted by molar-refractivity contribution is 0.192. The summed E-state index contributed by atoms with van der Waals surface area (Å²) in [6.45, 7) is 2.62. The number of pyridine rings is 1. The molecule has 0 saturated heterocycles. The van der Waals surface area contributed by atoms with Crippen LogP contribution >= 0.6 is 0 Å². The number of nitrogens with zero attached hydrogens (tertiary/aromatic N) is 2. The van der Waals surface area contributed by atoms with Crippen molar-refractivity contribution in [2.75, 3.05) is 33.9 Å². The van der Waals surface area contributed by atoms with E-state index in [2.05, 4.69) is 20.6 Å². The summed E-state index contributed by atoms with van der Waals surface area (Å²) in [4.78, 5) is 8.50. The highest BCUT2D eigenvalue weighted by molar-refractivity contribution is 5.79. The van der Waals surface area contributed by atoms with Crippen LogP contribution in [0.2, 0.25) is 0 Å². The monoisotopic (exact) mass is 278 g/mol. The Morgan fingerprint density at radius 2 is 2.05 bits per heavy atom. The molecule has 0 radical (unpaired) electrons. The summed E-state index contributed by atoms with van der Waals surface area (Å²) in [5.41, 5.74) is 1.09. The topological polar surface area (TPSA) is 58.5 Å². The third kappa shape index (κ3) is 7.74. The Balaban J connectivity index is 2.08. The third-order valence-corrected chi connectivity index (χ3v) is 2.94. The van der Waals surface area contributed by atoms with Crippen LogP contribution < -0.4 is 10.6 Å². The molecular weight excluding hydrogens is 252 g/mol. The normalized spacial score (nSPS) is 11.4. The fourth-order valence-corrected chi connectivity index (χ4v) is 1.83. The number of unbranched alkanes of at least 4 members (excludes halogenated alkanes) is 2. The van der Waals surface area contributed by atoms with Crippen molar-refractivity contribution < 1.29 is 4.74 Å². The van der Waals surface area contributed by atoms with Gasteiger partial charge in [0.25, 0.3) is 0 Å². The van der Waals surface area contributed by atoms with Gasteiger partial charge in [-0.1, -0.05) is 6.07 Å². The van der Waals surface area contributed by atoms with Crippen molar-refractivity contribution >= 4 is 5.96 Å². The number of guanidine groups is 1. The molecule has 5 nitrogen and oxygen atoms in total. The number of hydrogen-bond donors (Lipinski definition) is 2. The van der Waals surface area contributed by atoms with E-state index in [0.29, 0.717) is 0 Å². The zero-order chi connectivity index (χ0) is 14.5. The molecule has 0 aliphatic carbocycles. The van der Waals surface area contributed by atoms with Crippen LogP contribution in [-0.2, 0) is 11.2 Å². The maximum absolute atomic E-state index is 5.02. The Labute approximate surface area is 121 Å². The molecule has 1 rings (SSSR count). The van der Waals surface area contributed by atoms with Gasteiger partial charge in [-0.2, -0.15) is 0 Å². The van der Waals surface area contributed by atoms with E-state index >= 15 is 0 Å². The number of hydrogen-bond acceptors (Lipinski definition) is 3. The Bertz CT molecular complexity index is 367. The fraction of sp³-hybridized carbons (Fsp3) is 0.600. The maximum atomic E-state index is 5.02. The summed E-state index contributed by atoms with van der Waals surface area (Å²) in [5.74, 6) is 0.854.